The summed E-state index contributed by atoms with van der Waals surface area (Å²) in [7, 11) is -3.67. The van der Waals surface area contributed by atoms with Gasteiger partial charge in [-0.05, 0) is 43.2 Å². The Kier molecular flexibility index (Phi) is 3.69. The summed E-state index contributed by atoms with van der Waals surface area (Å²) in [4.78, 5) is 8.27. The molecule has 5 nitrogen and oxygen atoms in total. The Morgan fingerprint density at radius 1 is 1.19 bits per heavy atom. The molecule has 0 amide bonds. The highest BCUT2D eigenvalue weighted by Crippen LogP contribution is 2.38. The molecular weight excluding hydrogens is 293 g/mol. The molecule has 1 saturated carbocycles. The van der Waals surface area contributed by atoms with Crippen LogP contribution in [0.15, 0.2) is 41.6 Å². The third-order valence-corrected chi connectivity index (χ3v) is 4.72. The maximum atomic E-state index is 12.8. The molecule has 1 heterocycles. The predicted octanol–water partition coefficient (Wildman–Crippen LogP) is 1.97. The maximum absolute atomic E-state index is 12.8. The van der Waals surface area contributed by atoms with Gasteiger partial charge in [0.05, 0.1) is 17.1 Å². The Morgan fingerprint density at radius 2 is 1.90 bits per heavy atom. The lowest BCUT2D eigenvalue weighted by atomic mass is 10.2. The highest BCUT2D eigenvalue weighted by molar-refractivity contribution is 7.89. The summed E-state index contributed by atoms with van der Waals surface area (Å²) in [5.41, 5.74) is 1.58. The molecule has 1 fully saturated rings. The Balaban J connectivity index is 1.71. The number of sulfonamides is 1. The standard InChI is InChI=1S/C14H14FN3O2S/c15-11-3-5-13(6-4-11)21(19,20)18-8-12-7-14(10-1-2-10)17-9-16-12/h3-7,9-10,18H,1-2,8H2. The summed E-state index contributed by atoms with van der Waals surface area (Å²) >= 11 is 0. The molecule has 0 unspecified atom stereocenters. The molecule has 110 valence electrons. The Labute approximate surface area is 122 Å². The van der Waals surface area contributed by atoms with Gasteiger partial charge in [0.1, 0.15) is 12.1 Å². The summed E-state index contributed by atoms with van der Waals surface area (Å²) in [5.74, 6) is 0.0132. The van der Waals surface area contributed by atoms with E-state index in [-0.39, 0.29) is 11.4 Å². The van der Waals surface area contributed by atoms with Crippen LogP contribution in [0.5, 0.6) is 0 Å². The molecule has 0 spiro atoms. The highest BCUT2D eigenvalue weighted by Gasteiger charge is 2.25. The van der Waals surface area contributed by atoms with Crippen molar-refractivity contribution in [2.24, 2.45) is 0 Å². The van der Waals surface area contributed by atoms with Gasteiger partial charge in [0.25, 0.3) is 0 Å². The van der Waals surface area contributed by atoms with Gasteiger partial charge in [-0.2, -0.15) is 0 Å². The van der Waals surface area contributed by atoms with Crippen molar-refractivity contribution in [2.75, 3.05) is 0 Å². The molecule has 0 bridgehead atoms. The number of halogens is 1. The van der Waals surface area contributed by atoms with Crippen molar-refractivity contribution >= 4 is 10.0 Å². The summed E-state index contributed by atoms with van der Waals surface area (Å²) < 4.78 is 39.4. The van der Waals surface area contributed by atoms with Crippen LogP contribution >= 0.6 is 0 Å². The first-order valence-electron chi connectivity index (χ1n) is 6.61. The van der Waals surface area contributed by atoms with Crippen LogP contribution < -0.4 is 4.72 Å². The van der Waals surface area contributed by atoms with E-state index in [0.717, 1.165) is 30.7 Å². The molecule has 3 rings (SSSR count). The molecule has 0 aliphatic heterocycles. The van der Waals surface area contributed by atoms with E-state index in [9.17, 15) is 12.8 Å². The minimum Gasteiger partial charge on any atom is -0.241 e. The molecule has 0 radical (unpaired) electrons. The van der Waals surface area contributed by atoms with Crippen LogP contribution in [0.2, 0.25) is 0 Å². The second-order valence-electron chi connectivity index (χ2n) is 4.99. The molecular formula is C14H14FN3O2S. The zero-order valence-corrected chi connectivity index (χ0v) is 12.0. The van der Waals surface area contributed by atoms with Gasteiger partial charge in [0, 0.05) is 11.6 Å². The van der Waals surface area contributed by atoms with Crippen LogP contribution in [0, 0.1) is 5.82 Å². The van der Waals surface area contributed by atoms with Gasteiger partial charge in [0.15, 0.2) is 0 Å². The largest absolute Gasteiger partial charge is 0.241 e. The Hall–Kier alpha value is -1.86. The van der Waals surface area contributed by atoms with Crippen LogP contribution in [0.1, 0.15) is 30.1 Å². The van der Waals surface area contributed by atoms with Crippen LogP contribution in [0.4, 0.5) is 4.39 Å². The van der Waals surface area contributed by atoms with Crippen molar-refractivity contribution in [1.82, 2.24) is 14.7 Å². The third-order valence-electron chi connectivity index (χ3n) is 3.31. The molecule has 1 N–H and O–H groups in total. The van der Waals surface area contributed by atoms with Crippen molar-refractivity contribution in [3.05, 3.63) is 53.9 Å². The third kappa shape index (κ3) is 3.43. The van der Waals surface area contributed by atoms with Gasteiger partial charge in [-0.25, -0.2) is 27.5 Å². The second-order valence-corrected chi connectivity index (χ2v) is 6.75. The minimum absolute atomic E-state index is 0.0281. The first-order chi connectivity index (χ1) is 10.0. The van der Waals surface area contributed by atoms with E-state index in [1.807, 2.05) is 6.07 Å². The number of hydrogen-bond donors (Lipinski definition) is 1. The van der Waals surface area contributed by atoms with E-state index < -0.39 is 15.8 Å². The number of nitrogens with one attached hydrogen (secondary N) is 1. The summed E-state index contributed by atoms with van der Waals surface area (Å²) in [6.07, 6.45) is 3.70. The van der Waals surface area contributed by atoms with Crippen molar-refractivity contribution in [1.29, 1.82) is 0 Å². The topological polar surface area (TPSA) is 72.0 Å². The lowest BCUT2D eigenvalue weighted by molar-refractivity contribution is 0.579. The molecule has 1 aliphatic carbocycles. The average Bonchev–Trinajstić information content (AvgIpc) is 3.31. The average molecular weight is 307 g/mol. The fraction of sp³-hybridized carbons (Fsp3) is 0.286. The number of benzene rings is 1. The summed E-state index contributed by atoms with van der Waals surface area (Å²) in [5, 5.41) is 0. The van der Waals surface area contributed by atoms with E-state index in [1.165, 1.54) is 18.5 Å². The second kappa shape index (κ2) is 5.50. The van der Waals surface area contributed by atoms with Gasteiger partial charge in [-0.3, -0.25) is 0 Å². The highest BCUT2D eigenvalue weighted by atomic mass is 32.2. The molecule has 21 heavy (non-hydrogen) atoms. The van der Waals surface area contributed by atoms with Gasteiger partial charge in [-0.1, -0.05) is 0 Å². The number of rotatable bonds is 5. The van der Waals surface area contributed by atoms with Crippen LogP contribution in [0.25, 0.3) is 0 Å². The molecule has 7 heteroatoms. The van der Waals surface area contributed by atoms with Crippen molar-refractivity contribution < 1.29 is 12.8 Å². The van der Waals surface area contributed by atoms with E-state index in [2.05, 4.69) is 14.7 Å². The number of aromatic nitrogens is 2. The molecule has 0 saturated heterocycles. The molecule has 1 aromatic carbocycles. The Bertz CT molecular complexity index is 743. The smallest absolute Gasteiger partial charge is 0.240 e. The lowest BCUT2D eigenvalue weighted by Crippen LogP contribution is -2.23. The fourth-order valence-corrected chi connectivity index (χ4v) is 2.98. The van der Waals surface area contributed by atoms with Gasteiger partial charge in [-0.15, -0.1) is 0 Å². The number of hydrogen-bond acceptors (Lipinski definition) is 4. The zero-order valence-electron chi connectivity index (χ0n) is 11.2. The van der Waals surface area contributed by atoms with Gasteiger partial charge >= 0.3 is 0 Å². The lowest BCUT2D eigenvalue weighted by Gasteiger charge is -2.07. The SMILES string of the molecule is O=S(=O)(NCc1cc(C2CC2)ncn1)c1ccc(F)cc1. The van der Waals surface area contributed by atoms with Crippen LogP contribution in [-0.4, -0.2) is 18.4 Å². The first kappa shape index (κ1) is 14.1. The van der Waals surface area contributed by atoms with Crippen LogP contribution in [0.3, 0.4) is 0 Å². The predicted molar refractivity (Wildman–Crippen MR) is 74.4 cm³/mol. The van der Waals surface area contributed by atoms with E-state index in [4.69, 9.17) is 0 Å². The molecule has 1 aromatic heterocycles. The van der Waals surface area contributed by atoms with Crippen molar-refractivity contribution in [3.63, 3.8) is 0 Å². The summed E-state index contributed by atoms with van der Waals surface area (Å²) in [6, 6.07) is 6.51. The van der Waals surface area contributed by atoms with E-state index in [0.29, 0.717) is 11.6 Å². The molecule has 1 aliphatic rings. The first-order valence-corrected chi connectivity index (χ1v) is 8.09. The van der Waals surface area contributed by atoms with E-state index in [1.54, 1.807) is 0 Å². The van der Waals surface area contributed by atoms with Gasteiger partial charge < -0.3 is 0 Å². The van der Waals surface area contributed by atoms with Crippen molar-refractivity contribution in [2.45, 2.75) is 30.2 Å². The van der Waals surface area contributed by atoms with E-state index >= 15 is 0 Å². The fourth-order valence-electron chi connectivity index (χ4n) is 1.98. The van der Waals surface area contributed by atoms with Gasteiger partial charge in [0.2, 0.25) is 10.0 Å². The maximum Gasteiger partial charge on any atom is 0.240 e. The van der Waals surface area contributed by atoms with Crippen molar-refractivity contribution in [3.8, 4) is 0 Å². The van der Waals surface area contributed by atoms with Crippen LogP contribution in [-0.2, 0) is 16.6 Å². The molecule has 0 atom stereocenters. The molecule has 2 aromatic rings. The normalized spacial score (nSPS) is 15.1. The zero-order chi connectivity index (χ0) is 14.9. The quantitative estimate of drug-likeness (QED) is 0.916. The summed E-state index contributed by atoms with van der Waals surface area (Å²) in [6.45, 7) is 0.0853. The Morgan fingerprint density at radius 3 is 2.57 bits per heavy atom. The number of nitrogens with zero attached hydrogens (tertiary/aromatic N) is 2. The minimum atomic E-state index is -3.67. The monoisotopic (exact) mass is 307 g/mol.